The lowest BCUT2D eigenvalue weighted by molar-refractivity contribution is -0.899. The van der Waals surface area contributed by atoms with Crippen molar-refractivity contribution in [3.63, 3.8) is 0 Å². The lowest BCUT2D eigenvalue weighted by Gasteiger charge is -2.62. The third-order valence-electron chi connectivity index (χ3n) is 11.6. The molecule has 0 aliphatic heterocycles. The molecule has 0 N–H and O–H groups in total. The van der Waals surface area contributed by atoms with Gasteiger partial charge in [0.2, 0.25) is 0 Å². The smallest absolute Gasteiger partial charge is 0.0889 e. The highest BCUT2D eigenvalue weighted by atomic mass is 35.5. The number of nitrogens with zero attached hydrogens (tertiary/aromatic N) is 2. The summed E-state index contributed by atoms with van der Waals surface area (Å²) >= 11 is 0. The Hall–Kier alpha value is 0.500. The third kappa shape index (κ3) is 4.46. The molecular weight excluding hydrogens is 423 g/mol. The number of hydrogen-bond acceptors (Lipinski definition) is 0. The van der Waals surface area contributed by atoms with E-state index in [9.17, 15) is 0 Å². The largest absolute Gasteiger partial charge is 1.00 e. The third-order valence-corrected chi connectivity index (χ3v) is 11.6. The van der Waals surface area contributed by atoms with E-state index in [0.717, 1.165) is 46.2 Å². The first-order valence-corrected chi connectivity index (χ1v) is 12.9. The maximum Gasteiger partial charge on any atom is 0.0889 e. The lowest BCUT2D eigenvalue weighted by atomic mass is 9.44. The van der Waals surface area contributed by atoms with Crippen molar-refractivity contribution >= 4 is 0 Å². The van der Waals surface area contributed by atoms with Crippen molar-refractivity contribution in [3.05, 3.63) is 0 Å². The molecule has 0 unspecified atom stereocenters. The highest BCUT2D eigenvalue weighted by molar-refractivity contribution is 5.10. The fourth-order valence-electron chi connectivity index (χ4n) is 9.31. The molecule has 4 aliphatic carbocycles. The summed E-state index contributed by atoms with van der Waals surface area (Å²) in [4.78, 5) is 0. The first kappa shape index (κ1) is 27.7. The Morgan fingerprint density at radius 3 is 1.87 bits per heavy atom. The van der Waals surface area contributed by atoms with Crippen molar-refractivity contribution in [3.8, 4) is 0 Å². The minimum Gasteiger partial charge on any atom is -1.00 e. The predicted octanol–water partition coefficient (Wildman–Crippen LogP) is -0.177. The summed E-state index contributed by atoms with van der Waals surface area (Å²) in [6.07, 6.45) is 13.6. The van der Waals surface area contributed by atoms with Gasteiger partial charge < -0.3 is 33.8 Å². The van der Waals surface area contributed by atoms with Gasteiger partial charge >= 0.3 is 0 Å². The number of quaternary nitrogens is 2. The fourth-order valence-corrected chi connectivity index (χ4v) is 9.31. The van der Waals surface area contributed by atoms with Gasteiger partial charge in [-0.05, 0) is 92.8 Å². The second-order valence-electron chi connectivity index (χ2n) is 14.3. The molecule has 2 nitrogen and oxygen atoms in total. The van der Waals surface area contributed by atoms with Crippen molar-refractivity contribution in [2.75, 3.05) is 42.3 Å². The molecule has 0 heterocycles. The molecule has 0 aromatic carbocycles. The average molecular weight is 476 g/mol. The zero-order valence-corrected chi connectivity index (χ0v) is 23.6. The van der Waals surface area contributed by atoms with Crippen LogP contribution in [0.1, 0.15) is 78.6 Å². The van der Waals surface area contributed by atoms with Crippen LogP contribution in [-0.2, 0) is 0 Å². The van der Waals surface area contributed by atoms with Crippen LogP contribution in [-0.4, -0.2) is 63.3 Å². The molecule has 0 aromatic heterocycles. The van der Waals surface area contributed by atoms with Gasteiger partial charge in [0.15, 0.2) is 0 Å². The first-order chi connectivity index (χ1) is 13.3. The van der Waals surface area contributed by atoms with Gasteiger partial charge in [0.25, 0.3) is 0 Å². The van der Waals surface area contributed by atoms with E-state index >= 15 is 0 Å². The molecule has 4 heteroatoms. The lowest BCUT2D eigenvalue weighted by Crippen LogP contribution is -3.00. The van der Waals surface area contributed by atoms with Gasteiger partial charge in [-0.25, -0.2) is 0 Å². The Morgan fingerprint density at radius 2 is 1.29 bits per heavy atom. The van der Waals surface area contributed by atoms with Gasteiger partial charge in [-0.1, -0.05) is 13.8 Å². The molecule has 4 rings (SSSR count). The zero-order valence-electron chi connectivity index (χ0n) is 22.1. The van der Waals surface area contributed by atoms with Gasteiger partial charge in [-0.15, -0.1) is 0 Å². The van der Waals surface area contributed by atoms with Crippen LogP contribution in [0.5, 0.6) is 0 Å². The van der Waals surface area contributed by atoms with E-state index < -0.39 is 0 Å². The molecule has 4 saturated carbocycles. The SMILES string of the molecule is C[C@@H]([C@H]1CC[C@H]2[C@@H]3CC[C@H]4C[C@@H]([N+](C)(C)C)CC[C@]4(C)[C@H]3CC[C@]12C)[N+](C)(C)C.[Cl-].[Cl-]. The summed E-state index contributed by atoms with van der Waals surface area (Å²) in [6, 6.07) is 1.67. The molecule has 0 aromatic rings. The van der Waals surface area contributed by atoms with Gasteiger partial charge in [0.1, 0.15) is 0 Å². The Kier molecular flexibility index (Phi) is 8.00. The van der Waals surface area contributed by atoms with Crippen molar-refractivity contribution in [2.24, 2.45) is 40.4 Å². The van der Waals surface area contributed by atoms with Crippen molar-refractivity contribution < 1.29 is 33.8 Å². The minimum atomic E-state index is 0. The second kappa shape index (κ2) is 8.94. The molecule has 9 atom stereocenters. The van der Waals surface area contributed by atoms with Gasteiger partial charge in [-0.3, -0.25) is 0 Å². The first-order valence-electron chi connectivity index (χ1n) is 12.9. The highest BCUT2D eigenvalue weighted by Gasteiger charge is 2.62. The number of hydrogen-bond donors (Lipinski definition) is 0. The predicted molar refractivity (Wildman–Crippen MR) is 125 cm³/mol. The number of fused-ring (bicyclic) bond motifs is 5. The summed E-state index contributed by atoms with van der Waals surface area (Å²) in [5.41, 5.74) is 1.24. The van der Waals surface area contributed by atoms with Crippen LogP contribution in [0.2, 0.25) is 0 Å². The van der Waals surface area contributed by atoms with Crippen molar-refractivity contribution in [1.82, 2.24) is 0 Å². The van der Waals surface area contributed by atoms with Crippen molar-refractivity contribution in [1.29, 1.82) is 0 Å². The molecule has 0 radical (unpaired) electrons. The van der Waals surface area contributed by atoms with Crippen LogP contribution in [0.3, 0.4) is 0 Å². The Balaban J connectivity index is 0.00000171. The van der Waals surface area contributed by atoms with E-state index in [1.54, 1.807) is 6.42 Å². The van der Waals surface area contributed by atoms with Crippen LogP contribution in [0, 0.1) is 40.4 Å². The Labute approximate surface area is 206 Å². The Morgan fingerprint density at radius 1 is 0.710 bits per heavy atom. The van der Waals surface area contributed by atoms with Crippen LogP contribution in [0.4, 0.5) is 0 Å². The topological polar surface area (TPSA) is 0 Å². The summed E-state index contributed by atoms with van der Waals surface area (Å²) in [5, 5.41) is 0. The molecule has 0 bridgehead atoms. The van der Waals surface area contributed by atoms with E-state index in [4.69, 9.17) is 0 Å². The standard InChI is InChI=1S/C27H52N2.2ClH/c1-19(28(4,5)6)23-12-13-24-22-11-10-20-18-21(29(7,8)9)14-16-26(20,2)25(22)15-17-27(23,24)3;;/h19-25H,10-18H2,1-9H3;2*1H/q+2;;/p-2/t19-,20-,21-,22-,23+,24-,25-,26-,27+;;/m0../s1. The van der Waals surface area contributed by atoms with Crippen LogP contribution < -0.4 is 24.8 Å². The molecule has 4 aliphatic rings. The molecule has 0 spiro atoms. The van der Waals surface area contributed by atoms with Gasteiger partial charge in [0, 0.05) is 12.3 Å². The maximum atomic E-state index is 2.74. The van der Waals surface area contributed by atoms with E-state index in [1.165, 1.54) is 55.8 Å². The minimum absolute atomic E-state index is 0. The van der Waals surface area contributed by atoms with E-state index in [2.05, 4.69) is 63.1 Å². The summed E-state index contributed by atoms with van der Waals surface area (Å²) in [7, 11) is 14.6. The zero-order chi connectivity index (χ0) is 21.4. The molecule has 0 saturated heterocycles. The fraction of sp³-hybridized carbons (Fsp3) is 1.00. The van der Waals surface area contributed by atoms with Gasteiger partial charge in [0.05, 0.1) is 54.4 Å². The van der Waals surface area contributed by atoms with Crippen molar-refractivity contribution in [2.45, 2.75) is 90.6 Å². The molecule has 4 fully saturated rings. The normalized spacial score (nSPS) is 46.0. The van der Waals surface area contributed by atoms with E-state index in [0.29, 0.717) is 10.8 Å². The number of rotatable bonds is 3. The molecule has 31 heavy (non-hydrogen) atoms. The summed E-state index contributed by atoms with van der Waals surface area (Å²) in [5.74, 6) is 4.97. The van der Waals surface area contributed by atoms with Crippen LogP contribution >= 0.6 is 0 Å². The quantitative estimate of drug-likeness (QED) is 0.497. The Bertz CT molecular complexity index is 624. The molecule has 0 amide bonds. The van der Waals surface area contributed by atoms with Gasteiger partial charge in [-0.2, -0.15) is 0 Å². The second-order valence-corrected chi connectivity index (χ2v) is 14.3. The van der Waals surface area contributed by atoms with Crippen LogP contribution in [0.25, 0.3) is 0 Å². The van der Waals surface area contributed by atoms with E-state index in [1.807, 2.05) is 0 Å². The van der Waals surface area contributed by atoms with E-state index in [-0.39, 0.29) is 24.8 Å². The molecule has 184 valence electrons. The highest BCUT2D eigenvalue weighted by Crippen LogP contribution is 2.68. The number of halogens is 2. The summed E-state index contributed by atoms with van der Waals surface area (Å²) < 4.78 is 2.30. The molecular formula is C27H52Cl2N2. The van der Waals surface area contributed by atoms with Crippen LogP contribution in [0.15, 0.2) is 0 Å². The summed E-state index contributed by atoms with van der Waals surface area (Å²) in [6.45, 7) is 8.01. The maximum absolute atomic E-state index is 2.74. The monoisotopic (exact) mass is 474 g/mol. The average Bonchev–Trinajstić information content (AvgIpc) is 2.95.